The minimum atomic E-state index is -0.453. The van der Waals surface area contributed by atoms with Gasteiger partial charge in [0.05, 0.1) is 17.9 Å². The molecule has 2 aromatic rings. The molecule has 1 aromatic carbocycles. The topological polar surface area (TPSA) is 29.9 Å². The Kier molecular flexibility index (Phi) is 3.08. The Hall–Kier alpha value is -1.91. The first-order valence-corrected chi connectivity index (χ1v) is 5.24. The zero-order valence-electron chi connectivity index (χ0n) is 9.67. The first-order chi connectivity index (χ1) is 8.08. The fourth-order valence-corrected chi connectivity index (χ4v) is 1.54. The van der Waals surface area contributed by atoms with Gasteiger partial charge >= 0.3 is 0 Å². The van der Waals surface area contributed by atoms with Gasteiger partial charge in [-0.1, -0.05) is 0 Å². The number of rotatable bonds is 3. The summed E-state index contributed by atoms with van der Waals surface area (Å²) in [6.45, 7) is 1.93. The Morgan fingerprint density at radius 2 is 2.06 bits per heavy atom. The van der Waals surface area contributed by atoms with Crippen LogP contribution in [-0.2, 0) is 13.6 Å². The number of benzene rings is 1. The highest BCUT2D eigenvalue weighted by Gasteiger charge is 2.07. The number of aromatic nitrogens is 2. The van der Waals surface area contributed by atoms with Crippen LogP contribution in [0.25, 0.3) is 0 Å². The van der Waals surface area contributed by atoms with Crippen molar-refractivity contribution in [2.75, 3.05) is 5.32 Å². The first-order valence-electron chi connectivity index (χ1n) is 5.24. The average Bonchev–Trinajstić information content (AvgIpc) is 2.68. The summed E-state index contributed by atoms with van der Waals surface area (Å²) in [6, 6.07) is 4.16. The Morgan fingerprint density at radius 1 is 1.29 bits per heavy atom. The molecule has 5 heteroatoms. The summed E-state index contributed by atoms with van der Waals surface area (Å²) in [5.74, 6) is -0.870. The van der Waals surface area contributed by atoms with Crippen LogP contribution >= 0.6 is 0 Å². The molecule has 3 nitrogen and oxygen atoms in total. The zero-order valence-corrected chi connectivity index (χ0v) is 9.67. The number of aryl methyl sites for hydroxylation is 2. The fraction of sp³-hybridized carbons (Fsp3) is 0.250. The molecule has 0 atom stereocenters. The largest absolute Gasteiger partial charge is 0.377 e. The van der Waals surface area contributed by atoms with Crippen LogP contribution in [0.2, 0.25) is 0 Å². The molecule has 1 aromatic heterocycles. The van der Waals surface area contributed by atoms with Crippen molar-refractivity contribution in [2.24, 2.45) is 7.05 Å². The highest BCUT2D eigenvalue weighted by atomic mass is 19.1. The highest BCUT2D eigenvalue weighted by Crippen LogP contribution is 2.19. The maximum atomic E-state index is 13.5. The number of nitrogens with one attached hydrogen (secondary N) is 1. The SMILES string of the molecule is Cc1cc(F)c(NCc2ccnn2C)cc1F. The van der Waals surface area contributed by atoms with Crippen molar-refractivity contribution in [1.29, 1.82) is 0 Å². The summed E-state index contributed by atoms with van der Waals surface area (Å²) in [5.41, 5.74) is 1.35. The summed E-state index contributed by atoms with van der Waals surface area (Å²) < 4.78 is 28.5. The second kappa shape index (κ2) is 4.53. The van der Waals surface area contributed by atoms with Crippen LogP contribution in [0.4, 0.5) is 14.5 Å². The van der Waals surface area contributed by atoms with E-state index in [9.17, 15) is 8.78 Å². The molecule has 0 fully saturated rings. The Balaban J connectivity index is 2.14. The van der Waals surface area contributed by atoms with E-state index in [-0.39, 0.29) is 5.69 Å². The number of hydrogen-bond acceptors (Lipinski definition) is 2. The normalized spacial score (nSPS) is 10.6. The average molecular weight is 237 g/mol. The van der Waals surface area contributed by atoms with Crippen LogP contribution in [0, 0.1) is 18.6 Å². The minimum Gasteiger partial charge on any atom is -0.377 e. The predicted octanol–water partition coefficient (Wildman–Crippen LogP) is 2.62. The third kappa shape index (κ3) is 2.43. The van der Waals surface area contributed by atoms with Gasteiger partial charge in [0, 0.05) is 19.3 Å². The molecular weight excluding hydrogens is 224 g/mol. The van der Waals surface area contributed by atoms with Crippen LogP contribution in [0.1, 0.15) is 11.3 Å². The Bertz CT molecular complexity index is 535. The molecule has 0 bridgehead atoms. The van der Waals surface area contributed by atoms with Gasteiger partial charge in [-0.15, -0.1) is 0 Å². The van der Waals surface area contributed by atoms with Gasteiger partial charge < -0.3 is 5.32 Å². The zero-order chi connectivity index (χ0) is 12.4. The van der Waals surface area contributed by atoms with Gasteiger partial charge in [-0.25, -0.2) is 8.78 Å². The number of halogens is 2. The van der Waals surface area contributed by atoms with Crippen molar-refractivity contribution in [3.63, 3.8) is 0 Å². The fourth-order valence-electron chi connectivity index (χ4n) is 1.54. The van der Waals surface area contributed by atoms with Crippen molar-refractivity contribution in [1.82, 2.24) is 9.78 Å². The van der Waals surface area contributed by atoms with E-state index in [4.69, 9.17) is 0 Å². The van der Waals surface area contributed by atoms with Crippen molar-refractivity contribution in [3.8, 4) is 0 Å². The van der Waals surface area contributed by atoms with Crippen molar-refractivity contribution in [3.05, 3.63) is 47.3 Å². The molecule has 0 amide bonds. The van der Waals surface area contributed by atoms with E-state index in [1.807, 2.05) is 6.07 Å². The lowest BCUT2D eigenvalue weighted by Crippen LogP contribution is -2.07. The van der Waals surface area contributed by atoms with Crippen molar-refractivity contribution in [2.45, 2.75) is 13.5 Å². The Labute approximate surface area is 98.1 Å². The van der Waals surface area contributed by atoms with E-state index in [1.165, 1.54) is 19.1 Å². The lowest BCUT2D eigenvalue weighted by molar-refractivity contribution is 0.594. The lowest BCUT2D eigenvalue weighted by atomic mass is 10.2. The lowest BCUT2D eigenvalue weighted by Gasteiger charge is -2.09. The highest BCUT2D eigenvalue weighted by molar-refractivity contribution is 5.47. The maximum Gasteiger partial charge on any atom is 0.146 e. The van der Waals surface area contributed by atoms with Crippen molar-refractivity contribution >= 4 is 5.69 Å². The van der Waals surface area contributed by atoms with Gasteiger partial charge in [0.15, 0.2) is 0 Å². The Morgan fingerprint density at radius 3 is 2.71 bits per heavy atom. The van der Waals surface area contributed by atoms with E-state index in [1.54, 1.807) is 17.9 Å². The van der Waals surface area contributed by atoms with E-state index < -0.39 is 11.6 Å². The molecule has 0 aliphatic carbocycles. The summed E-state index contributed by atoms with van der Waals surface area (Å²) in [7, 11) is 1.79. The third-order valence-electron chi connectivity index (χ3n) is 2.63. The molecule has 0 unspecified atom stereocenters. The summed E-state index contributed by atoms with van der Waals surface area (Å²) >= 11 is 0. The quantitative estimate of drug-likeness (QED) is 0.889. The second-order valence-corrected chi connectivity index (χ2v) is 3.88. The van der Waals surface area contributed by atoms with E-state index >= 15 is 0 Å². The van der Waals surface area contributed by atoms with Crippen LogP contribution in [-0.4, -0.2) is 9.78 Å². The molecule has 17 heavy (non-hydrogen) atoms. The van der Waals surface area contributed by atoms with Gasteiger partial charge in [-0.2, -0.15) is 5.10 Å². The monoisotopic (exact) mass is 237 g/mol. The van der Waals surface area contributed by atoms with Gasteiger partial charge in [0.2, 0.25) is 0 Å². The molecule has 0 radical (unpaired) electrons. The maximum absolute atomic E-state index is 13.5. The van der Waals surface area contributed by atoms with Crippen LogP contribution in [0.5, 0.6) is 0 Å². The molecule has 0 saturated heterocycles. The molecule has 0 aliphatic rings. The van der Waals surface area contributed by atoms with Crippen LogP contribution in [0.15, 0.2) is 24.4 Å². The van der Waals surface area contributed by atoms with Gasteiger partial charge in [-0.05, 0) is 24.6 Å². The summed E-state index contributed by atoms with van der Waals surface area (Å²) in [6.07, 6.45) is 1.66. The number of anilines is 1. The summed E-state index contributed by atoms with van der Waals surface area (Å²) in [4.78, 5) is 0. The van der Waals surface area contributed by atoms with Gasteiger partial charge in [0.25, 0.3) is 0 Å². The van der Waals surface area contributed by atoms with Crippen molar-refractivity contribution < 1.29 is 8.78 Å². The number of hydrogen-bond donors (Lipinski definition) is 1. The molecule has 2 rings (SSSR count). The van der Waals surface area contributed by atoms with Crippen LogP contribution < -0.4 is 5.32 Å². The third-order valence-corrected chi connectivity index (χ3v) is 2.63. The van der Waals surface area contributed by atoms with Gasteiger partial charge in [-0.3, -0.25) is 4.68 Å². The molecule has 1 heterocycles. The first kappa shape index (κ1) is 11.6. The predicted molar refractivity (Wildman–Crippen MR) is 61.6 cm³/mol. The smallest absolute Gasteiger partial charge is 0.146 e. The van der Waals surface area contributed by atoms with E-state index in [0.29, 0.717) is 12.1 Å². The van der Waals surface area contributed by atoms with E-state index in [0.717, 1.165) is 5.69 Å². The molecule has 0 aliphatic heterocycles. The summed E-state index contributed by atoms with van der Waals surface area (Å²) in [5, 5.41) is 6.84. The second-order valence-electron chi connectivity index (χ2n) is 3.88. The molecule has 0 saturated carbocycles. The molecule has 0 spiro atoms. The molecule has 1 N–H and O–H groups in total. The minimum absolute atomic E-state index is 0.161. The molecule has 90 valence electrons. The van der Waals surface area contributed by atoms with E-state index in [2.05, 4.69) is 10.4 Å². The van der Waals surface area contributed by atoms with Gasteiger partial charge in [0.1, 0.15) is 11.6 Å². The molecular formula is C12H13F2N3. The standard InChI is InChI=1S/C12H13F2N3/c1-8-5-11(14)12(6-10(8)13)15-7-9-3-4-16-17(9)2/h3-6,15H,7H2,1-2H3. The number of nitrogens with zero attached hydrogens (tertiary/aromatic N) is 2. The van der Waals surface area contributed by atoms with Crippen LogP contribution in [0.3, 0.4) is 0 Å².